The standard InChI is InChI=1S/C10H12N4O2/c1-10(2,3)16-9(15)7-6-4-11-5-12-8(6)14-13-7/h4-5H,1-3H3,(H,11,12,13,14). The van der Waals surface area contributed by atoms with Gasteiger partial charge in [-0.05, 0) is 20.8 Å². The predicted molar refractivity (Wildman–Crippen MR) is 56.9 cm³/mol. The number of carbonyl (C=O) groups excluding carboxylic acids is 1. The second-order valence-corrected chi connectivity index (χ2v) is 4.36. The minimum absolute atomic E-state index is 0.283. The van der Waals surface area contributed by atoms with Crippen LogP contribution in [0, 0.1) is 0 Å². The Balaban J connectivity index is 2.37. The number of fused-ring (bicyclic) bond motifs is 1. The Labute approximate surface area is 92.0 Å². The summed E-state index contributed by atoms with van der Waals surface area (Å²) >= 11 is 0. The summed E-state index contributed by atoms with van der Waals surface area (Å²) in [4.78, 5) is 19.6. The van der Waals surface area contributed by atoms with Crippen LogP contribution in [0.25, 0.3) is 11.0 Å². The van der Waals surface area contributed by atoms with Gasteiger partial charge >= 0.3 is 5.97 Å². The summed E-state index contributed by atoms with van der Waals surface area (Å²) < 4.78 is 5.22. The van der Waals surface area contributed by atoms with E-state index in [-0.39, 0.29) is 5.69 Å². The lowest BCUT2D eigenvalue weighted by Gasteiger charge is -2.18. The smallest absolute Gasteiger partial charge is 0.357 e. The largest absolute Gasteiger partial charge is 0.455 e. The van der Waals surface area contributed by atoms with Crippen LogP contribution in [0.4, 0.5) is 0 Å². The van der Waals surface area contributed by atoms with E-state index < -0.39 is 11.6 Å². The molecule has 0 spiro atoms. The molecular weight excluding hydrogens is 208 g/mol. The Kier molecular flexibility index (Phi) is 2.34. The van der Waals surface area contributed by atoms with Crippen molar-refractivity contribution in [2.24, 2.45) is 0 Å². The zero-order chi connectivity index (χ0) is 11.8. The molecule has 2 aromatic heterocycles. The van der Waals surface area contributed by atoms with Gasteiger partial charge in [0.05, 0.1) is 5.39 Å². The van der Waals surface area contributed by atoms with Gasteiger partial charge in [-0.15, -0.1) is 0 Å². The number of aromatic nitrogens is 4. The lowest BCUT2D eigenvalue weighted by Crippen LogP contribution is -2.24. The first kappa shape index (κ1) is 10.5. The van der Waals surface area contributed by atoms with E-state index in [2.05, 4.69) is 20.2 Å². The number of hydrogen-bond acceptors (Lipinski definition) is 5. The number of H-pyrrole nitrogens is 1. The van der Waals surface area contributed by atoms with E-state index in [0.29, 0.717) is 11.0 Å². The minimum Gasteiger partial charge on any atom is -0.455 e. The van der Waals surface area contributed by atoms with Gasteiger partial charge in [0.1, 0.15) is 11.9 Å². The molecule has 2 aromatic rings. The Morgan fingerprint density at radius 3 is 2.88 bits per heavy atom. The van der Waals surface area contributed by atoms with Crippen molar-refractivity contribution in [1.82, 2.24) is 20.2 Å². The van der Waals surface area contributed by atoms with Crippen LogP contribution in [0.2, 0.25) is 0 Å². The fraction of sp³-hybridized carbons (Fsp3) is 0.400. The Hall–Kier alpha value is -1.98. The summed E-state index contributed by atoms with van der Waals surface area (Å²) in [5.74, 6) is -0.454. The van der Waals surface area contributed by atoms with Crippen molar-refractivity contribution < 1.29 is 9.53 Å². The van der Waals surface area contributed by atoms with Gasteiger partial charge in [-0.25, -0.2) is 14.8 Å². The van der Waals surface area contributed by atoms with Gasteiger partial charge in [-0.1, -0.05) is 0 Å². The van der Waals surface area contributed by atoms with Gasteiger partial charge in [0.15, 0.2) is 11.3 Å². The summed E-state index contributed by atoms with van der Waals surface area (Å²) in [7, 11) is 0. The highest BCUT2D eigenvalue weighted by Gasteiger charge is 2.21. The highest BCUT2D eigenvalue weighted by Crippen LogP contribution is 2.16. The quantitative estimate of drug-likeness (QED) is 0.733. The highest BCUT2D eigenvalue weighted by molar-refractivity contribution is 6.00. The van der Waals surface area contributed by atoms with Crippen LogP contribution in [0.3, 0.4) is 0 Å². The van der Waals surface area contributed by atoms with Gasteiger partial charge in [-0.2, -0.15) is 5.10 Å². The first-order valence-electron chi connectivity index (χ1n) is 4.85. The molecule has 0 aliphatic carbocycles. The summed E-state index contributed by atoms with van der Waals surface area (Å²) in [6.45, 7) is 5.42. The maximum atomic E-state index is 11.8. The number of esters is 1. The molecule has 0 saturated heterocycles. The number of nitrogens with one attached hydrogen (secondary N) is 1. The normalized spacial score (nSPS) is 11.7. The zero-order valence-electron chi connectivity index (χ0n) is 9.31. The molecule has 0 amide bonds. The van der Waals surface area contributed by atoms with Crippen molar-refractivity contribution in [3.8, 4) is 0 Å². The average molecular weight is 220 g/mol. The molecule has 0 aliphatic rings. The molecule has 0 bridgehead atoms. The molecule has 84 valence electrons. The molecule has 2 rings (SSSR count). The first-order chi connectivity index (χ1) is 7.47. The molecule has 16 heavy (non-hydrogen) atoms. The monoisotopic (exact) mass is 220 g/mol. The van der Waals surface area contributed by atoms with E-state index in [0.717, 1.165) is 0 Å². The van der Waals surface area contributed by atoms with E-state index in [9.17, 15) is 4.79 Å². The molecule has 0 fully saturated rings. The van der Waals surface area contributed by atoms with Gasteiger partial charge in [0, 0.05) is 6.20 Å². The lowest BCUT2D eigenvalue weighted by molar-refractivity contribution is 0.00650. The number of aromatic amines is 1. The van der Waals surface area contributed by atoms with Crippen molar-refractivity contribution in [3.63, 3.8) is 0 Å². The Morgan fingerprint density at radius 1 is 1.44 bits per heavy atom. The van der Waals surface area contributed by atoms with Crippen molar-refractivity contribution in [2.45, 2.75) is 26.4 Å². The van der Waals surface area contributed by atoms with E-state index in [1.807, 2.05) is 0 Å². The predicted octanol–water partition coefficient (Wildman–Crippen LogP) is 1.31. The fourth-order valence-electron chi connectivity index (χ4n) is 1.24. The van der Waals surface area contributed by atoms with Crippen LogP contribution in [-0.2, 0) is 4.74 Å². The zero-order valence-corrected chi connectivity index (χ0v) is 9.31. The van der Waals surface area contributed by atoms with Gasteiger partial charge < -0.3 is 4.74 Å². The average Bonchev–Trinajstić information content (AvgIpc) is 2.58. The van der Waals surface area contributed by atoms with Crippen LogP contribution < -0.4 is 0 Å². The van der Waals surface area contributed by atoms with E-state index in [1.54, 1.807) is 20.8 Å². The molecule has 2 heterocycles. The fourth-order valence-corrected chi connectivity index (χ4v) is 1.24. The molecule has 6 heteroatoms. The van der Waals surface area contributed by atoms with Crippen molar-refractivity contribution in [2.75, 3.05) is 0 Å². The van der Waals surface area contributed by atoms with Crippen LogP contribution in [-0.4, -0.2) is 31.7 Å². The second kappa shape index (κ2) is 3.55. The van der Waals surface area contributed by atoms with Gasteiger partial charge in [0.25, 0.3) is 0 Å². The third-order valence-corrected chi connectivity index (χ3v) is 1.84. The number of rotatable bonds is 1. The summed E-state index contributed by atoms with van der Waals surface area (Å²) in [6, 6.07) is 0. The summed E-state index contributed by atoms with van der Waals surface area (Å²) in [6.07, 6.45) is 2.91. The Morgan fingerprint density at radius 2 is 2.19 bits per heavy atom. The van der Waals surface area contributed by atoms with Crippen molar-refractivity contribution in [1.29, 1.82) is 0 Å². The molecule has 0 aliphatic heterocycles. The summed E-state index contributed by atoms with van der Waals surface area (Å²) in [5, 5.41) is 7.07. The van der Waals surface area contributed by atoms with Crippen LogP contribution >= 0.6 is 0 Å². The Bertz CT molecular complexity index is 527. The van der Waals surface area contributed by atoms with Crippen LogP contribution in [0.5, 0.6) is 0 Å². The number of nitrogens with zero attached hydrogens (tertiary/aromatic N) is 3. The highest BCUT2D eigenvalue weighted by atomic mass is 16.6. The molecule has 0 radical (unpaired) electrons. The van der Waals surface area contributed by atoms with Crippen LogP contribution in [0.1, 0.15) is 31.3 Å². The molecule has 1 N–H and O–H groups in total. The van der Waals surface area contributed by atoms with Gasteiger partial charge in [0.2, 0.25) is 0 Å². The minimum atomic E-state index is -0.538. The van der Waals surface area contributed by atoms with Gasteiger partial charge in [-0.3, -0.25) is 5.10 Å². The SMILES string of the molecule is CC(C)(C)OC(=O)c1[nH]nc2ncncc12. The van der Waals surface area contributed by atoms with Crippen LogP contribution in [0.15, 0.2) is 12.5 Å². The van der Waals surface area contributed by atoms with E-state index >= 15 is 0 Å². The first-order valence-corrected chi connectivity index (χ1v) is 4.85. The third kappa shape index (κ3) is 2.00. The molecule has 0 aromatic carbocycles. The number of ether oxygens (including phenoxy) is 1. The molecule has 0 unspecified atom stereocenters. The molecular formula is C10H12N4O2. The van der Waals surface area contributed by atoms with Crippen molar-refractivity contribution in [3.05, 3.63) is 18.2 Å². The number of carbonyl (C=O) groups is 1. The maximum Gasteiger partial charge on any atom is 0.357 e. The molecule has 6 nitrogen and oxygen atoms in total. The van der Waals surface area contributed by atoms with Crippen molar-refractivity contribution >= 4 is 17.0 Å². The second-order valence-electron chi connectivity index (χ2n) is 4.36. The molecule has 0 saturated carbocycles. The molecule has 0 atom stereocenters. The summed E-state index contributed by atoms with van der Waals surface area (Å²) in [5.41, 5.74) is 0.200. The third-order valence-electron chi connectivity index (χ3n) is 1.84. The van der Waals surface area contributed by atoms with E-state index in [4.69, 9.17) is 4.74 Å². The number of hydrogen-bond donors (Lipinski definition) is 1. The lowest BCUT2D eigenvalue weighted by atomic mass is 10.2. The van der Waals surface area contributed by atoms with E-state index in [1.165, 1.54) is 12.5 Å². The topological polar surface area (TPSA) is 80.8 Å². The maximum absolute atomic E-state index is 11.8.